The number of hydrogen-bond acceptors (Lipinski definition) is 5. The second kappa shape index (κ2) is 8.79. The van der Waals surface area contributed by atoms with E-state index in [-0.39, 0.29) is 12.5 Å². The van der Waals surface area contributed by atoms with Crippen LogP contribution >= 0.6 is 0 Å². The molecule has 8 heteroatoms. The minimum atomic E-state index is -1.54. The number of aliphatic imine (C=N–C) groups is 1. The Labute approximate surface area is 192 Å². The largest absolute Gasteiger partial charge is 0.497 e. The van der Waals surface area contributed by atoms with Crippen LogP contribution in [0.15, 0.2) is 47.5 Å². The van der Waals surface area contributed by atoms with Crippen LogP contribution in [0.3, 0.4) is 0 Å². The molecule has 0 bridgehead atoms. The summed E-state index contributed by atoms with van der Waals surface area (Å²) in [6.45, 7) is 2.21. The average Bonchev–Trinajstić information content (AvgIpc) is 3.27. The molecule has 0 radical (unpaired) electrons. The summed E-state index contributed by atoms with van der Waals surface area (Å²) in [5, 5.41) is 4.87. The molecule has 0 spiro atoms. The Morgan fingerprint density at radius 2 is 1.94 bits per heavy atom. The van der Waals surface area contributed by atoms with Crippen LogP contribution in [0.1, 0.15) is 34.0 Å². The Bertz CT molecular complexity index is 1220. The van der Waals surface area contributed by atoms with E-state index in [1.807, 2.05) is 37.3 Å². The molecule has 2 aromatic rings. The van der Waals surface area contributed by atoms with E-state index in [1.165, 1.54) is 12.0 Å². The maximum atomic E-state index is 13.0. The molecular weight excluding hydrogens is 420 g/mol. The predicted molar refractivity (Wildman–Crippen MR) is 123 cm³/mol. The summed E-state index contributed by atoms with van der Waals surface area (Å²) in [6.07, 6.45) is 0.745. The van der Waals surface area contributed by atoms with Crippen molar-refractivity contribution >= 4 is 23.6 Å². The van der Waals surface area contributed by atoms with E-state index in [2.05, 4.69) is 27.5 Å². The topological polar surface area (TPSA) is 100 Å². The highest BCUT2D eigenvalue weighted by Crippen LogP contribution is 2.28. The van der Waals surface area contributed by atoms with Gasteiger partial charge >= 0.3 is 6.03 Å². The molecule has 33 heavy (non-hydrogen) atoms. The molecule has 4 rings (SSSR count). The van der Waals surface area contributed by atoms with Gasteiger partial charge in [-0.2, -0.15) is 0 Å². The molecule has 2 aliphatic heterocycles. The van der Waals surface area contributed by atoms with Gasteiger partial charge in [0.2, 0.25) is 5.54 Å². The quantitative estimate of drug-likeness (QED) is 0.418. The van der Waals surface area contributed by atoms with Crippen LogP contribution in [-0.4, -0.2) is 54.7 Å². The highest BCUT2D eigenvalue weighted by atomic mass is 16.5. The van der Waals surface area contributed by atoms with Gasteiger partial charge in [0.15, 0.2) is 0 Å². The summed E-state index contributed by atoms with van der Waals surface area (Å²) in [5.41, 5.74) is 2.62. The molecule has 1 saturated heterocycles. The molecule has 0 aliphatic carbocycles. The molecule has 8 nitrogen and oxygen atoms in total. The number of carbonyl (C=O) groups excluding carboxylic acids is 3. The summed E-state index contributed by atoms with van der Waals surface area (Å²) in [7, 11) is 3.29. The molecule has 2 heterocycles. The van der Waals surface area contributed by atoms with Crippen molar-refractivity contribution in [2.45, 2.75) is 25.4 Å². The Kier molecular flexibility index (Phi) is 5.88. The first-order valence-electron chi connectivity index (χ1n) is 10.5. The van der Waals surface area contributed by atoms with Crippen LogP contribution in [0, 0.1) is 11.8 Å². The second-order valence-electron chi connectivity index (χ2n) is 8.08. The van der Waals surface area contributed by atoms with Crippen molar-refractivity contribution in [1.29, 1.82) is 0 Å². The first-order valence-corrected chi connectivity index (χ1v) is 10.5. The van der Waals surface area contributed by atoms with Gasteiger partial charge in [0.05, 0.1) is 13.7 Å². The Hall–Kier alpha value is -4.12. The van der Waals surface area contributed by atoms with Crippen LogP contribution < -0.4 is 15.4 Å². The third-order valence-electron chi connectivity index (χ3n) is 5.78. The van der Waals surface area contributed by atoms with E-state index in [0.29, 0.717) is 23.4 Å². The average molecular weight is 444 g/mol. The van der Waals surface area contributed by atoms with E-state index in [0.717, 1.165) is 23.3 Å². The van der Waals surface area contributed by atoms with Crippen LogP contribution in [0.4, 0.5) is 4.79 Å². The fourth-order valence-electron chi connectivity index (χ4n) is 3.87. The fraction of sp³-hybridized carbons (Fsp3) is 0.280. The minimum Gasteiger partial charge on any atom is -0.497 e. The number of fused-ring (bicyclic) bond motifs is 1. The SMILES string of the molecule is C/N=C(\C)Cc1ccc(C#C[C@]2(CN3Cc4ccc(OC)cc4C3=O)NC(=O)NC2=O)cc1. The molecule has 2 N–H and O–H groups in total. The van der Waals surface area contributed by atoms with Crippen LogP contribution in [0.2, 0.25) is 0 Å². The van der Waals surface area contributed by atoms with Crippen molar-refractivity contribution in [3.63, 3.8) is 0 Å². The normalized spacial score (nSPS) is 19.5. The molecule has 1 fully saturated rings. The number of carbonyl (C=O) groups is 3. The van der Waals surface area contributed by atoms with Crippen LogP contribution in [0.5, 0.6) is 5.75 Å². The summed E-state index contributed by atoms with van der Waals surface area (Å²) in [4.78, 5) is 43.4. The van der Waals surface area contributed by atoms with Gasteiger partial charge in [-0.1, -0.05) is 30.0 Å². The number of imide groups is 1. The number of methoxy groups -OCH3 is 1. The number of hydrogen-bond donors (Lipinski definition) is 2. The number of benzene rings is 2. The molecule has 168 valence electrons. The van der Waals surface area contributed by atoms with E-state index in [4.69, 9.17) is 4.74 Å². The monoisotopic (exact) mass is 444 g/mol. The highest BCUT2D eigenvalue weighted by molar-refractivity contribution is 6.10. The highest BCUT2D eigenvalue weighted by Gasteiger charge is 2.48. The van der Waals surface area contributed by atoms with Crippen molar-refractivity contribution in [1.82, 2.24) is 15.5 Å². The van der Waals surface area contributed by atoms with Gasteiger partial charge in [0.25, 0.3) is 11.8 Å². The number of ether oxygens (including phenoxy) is 1. The number of rotatable bonds is 5. The van der Waals surface area contributed by atoms with Crippen LogP contribution in [-0.2, 0) is 17.8 Å². The van der Waals surface area contributed by atoms with Gasteiger partial charge in [0, 0.05) is 36.9 Å². The lowest BCUT2D eigenvalue weighted by Gasteiger charge is -2.26. The van der Waals surface area contributed by atoms with E-state index in [1.54, 1.807) is 19.2 Å². The summed E-state index contributed by atoms with van der Waals surface area (Å²) >= 11 is 0. The predicted octanol–water partition coefficient (Wildman–Crippen LogP) is 1.91. The Morgan fingerprint density at radius 3 is 2.58 bits per heavy atom. The second-order valence-corrected chi connectivity index (χ2v) is 8.08. The first kappa shape index (κ1) is 22.1. The molecule has 0 saturated carbocycles. The molecule has 0 unspecified atom stereocenters. The molecule has 2 aliphatic rings. The van der Waals surface area contributed by atoms with E-state index in [9.17, 15) is 14.4 Å². The molecule has 4 amide bonds. The first-order chi connectivity index (χ1) is 15.8. The van der Waals surface area contributed by atoms with Gasteiger partial charge in [-0.3, -0.25) is 19.9 Å². The zero-order valence-electron chi connectivity index (χ0n) is 18.7. The minimum absolute atomic E-state index is 0.0718. The Morgan fingerprint density at radius 1 is 1.18 bits per heavy atom. The standard InChI is InChI=1S/C25H24N4O4/c1-16(26-2)12-18-6-4-17(5-7-18)10-11-25(23(31)27-24(32)28-25)15-29-14-19-8-9-20(33-3)13-21(19)22(29)30/h4-9,13H,12,14-15H2,1-3H3,(H2,27,28,31,32)/b26-16+/t25-/m1/s1. The van der Waals surface area contributed by atoms with Gasteiger partial charge in [-0.15, -0.1) is 0 Å². The van der Waals surface area contributed by atoms with Gasteiger partial charge in [0.1, 0.15) is 5.75 Å². The lowest BCUT2D eigenvalue weighted by atomic mass is 9.98. The number of amides is 4. The zero-order valence-corrected chi connectivity index (χ0v) is 18.7. The number of nitrogens with zero attached hydrogens (tertiary/aromatic N) is 2. The van der Waals surface area contributed by atoms with Crippen molar-refractivity contribution in [3.8, 4) is 17.6 Å². The lowest BCUT2D eigenvalue weighted by Crippen LogP contribution is -2.54. The van der Waals surface area contributed by atoms with Crippen molar-refractivity contribution in [2.24, 2.45) is 4.99 Å². The molecule has 0 aromatic heterocycles. The Balaban J connectivity index is 1.58. The maximum absolute atomic E-state index is 13.0. The number of urea groups is 1. The molecule has 1 atom stereocenters. The molecular formula is C25H24N4O4. The summed E-state index contributed by atoms with van der Waals surface area (Å²) in [5.74, 6) is 5.67. The van der Waals surface area contributed by atoms with Crippen molar-refractivity contribution in [2.75, 3.05) is 20.7 Å². The van der Waals surface area contributed by atoms with Gasteiger partial charge in [-0.25, -0.2) is 4.79 Å². The smallest absolute Gasteiger partial charge is 0.323 e. The lowest BCUT2D eigenvalue weighted by molar-refractivity contribution is -0.122. The summed E-state index contributed by atoms with van der Waals surface area (Å²) < 4.78 is 5.21. The van der Waals surface area contributed by atoms with Crippen LogP contribution in [0.25, 0.3) is 0 Å². The van der Waals surface area contributed by atoms with Gasteiger partial charge < -0.3 is 15.0 Å². The fourth-order valence-corrected chi connectivity index (χ4v) is 3.87. The van der Waals surface area contributed by atoms with Crippen molar-refractivity contribution < 1.29 is 19.1 Å². The molecule has 2 aromatic carbocycles. The van der Waals surface area contributed by atoms with Gasteiger partial charge in [-0.05, 0) is 42.3 Å². The number of nitrogens with one attached hydrogen (secondary N) is 2. The third kappa shape index (κ3) is 4.44. The van der Waals surface area contributed by atoms with E-state index < -0.39 is 17.5 Å². The third-order valence-corrected chi connectivity index (χ3v) is 5.78. The van der Waals surface area contributed by atoms with E-state index >= 15 is 0 Å². The maximum Gasteiger partial charge on any atom is 0.323 e. The summed E-state index contributed by atoms with van der Waals surface area (Å²) in [6, 6.07) is 12.3. The zero-order chi connectivity index (χ0) is 23.6. The van der Waals surface area contributed by atoms with Crippen molar-refractivity contribution in [3.05, 3.63) is 64.7 Å².